The van der Waals surface area contributed by atoms with Crippen molar-refractivity contribution in [2.75, 3.05) is 6.54 Å². The van der Waals surface area contributed by atoms with Crippen molar-refractivity contribution in [1.82, 2.24) is 4.72 Å². The SMILES string of the molecule is CC(C)C(C)(CN)NS(=O)(=O)c1cc(Cl)c(Br)s1. The van der Waals surface area contributed by atoms with Crippen molar-refractivity contribution in [2.24, 2.45) is 11.7 Å². The molecule has 1 aromatic rings. The van der Waals surface area contributed by atoms with Crippen LogP contribution in [0.25, 0.3) is 0 Å². The van der Waals surface area contributed by atoms with Crippen molar-refractivity contribution in [3.8, 4) is 0 Å². The highest BCUT2D eigenvalue weighted by Crippen LogP contribution is 2.35. The summed E-state index contributed by atoms with van der Waals surface area (Å²) in [6, 6.07) is 1.43. The minimum atomic E-state index is -3.60. The van der Waals surface area contributed by atoms with Crippen LogP contribution in [0.3, 0.4) is 0 Å². The number of rotatable bonds is 5. The van der Waals surface area contributed by atoms with E-state index < -0.39 is 15.6 Å². The van der Waals surface area contributed by atoms with Gasteiger partial charge in [-0.2, -0.15) is 0 Å². The molecule has 18 heavy (non-hydrogen) atoms. The minimum absolute atomic E-state index is 0.0798. The van der Waals surface area contributed by atoms with Crippen LogP contribution in [-0.4, -0.2) is 20.5 Å². The van der Waals surface area contributed by atoms with Gasteiger partial charge in [0.2, 0.25) is 0 Å². The second-order valence-electron chi connectivity index (χ2n) is 4.57. The third kappa shape index (κ3) is 3.46. The number of nitrogens with two attached hydrogens (primary N) is 1. The molecule has 0 aliphatic carbocycles. The fourth-order valence-electron chi connectivity index (χ4n) is 1.21. The molecule has 0 saturated heterocycles. The third-order valence-corrected chi connectivity index (χ3v) is 7.51. The van der Waals surface area contributed by atoms with Crippen molar-refractivity contribution in [3.05, 3.63) is 14.9 Å². The van der Waals surface area contributed by atoms with Crippen LogP contribution in [0.1, 0.15) is 20.8 Å². The molecule has 0 saturated carbocycles. The van der Waals surface area contributed by atoms with Gasteiger partial charge in [0.25, 0.3) is 10.0 Å². The fourth-order valence-corrected chi connectivity index (χ4v) is 5.16. The van der Waals surface area contributed by atoms with Crippen molar-refractivity contribution >= 4 is 48.9 Å². The number of hydrogen-bond donors (Lipinski definition) is 2. The summed E-state index contributed by atoms with van der Waals surface area (Å²) in [6.07, 6.45) is 0. The maximum Gasteiger partial charge on any atom is 0.250 e. The van der Waals surface area contributed by atoms with E-state index in [1.54, 1.807) is 6.92 Å². The summed E-state index contributed by atoms with van der Waals surface area (Å²) in [5, 5.41) is 0.388. The molecule has 0 spiro atoms. The van der Waals surface area contributed by atoms with Crippen molar-refractivity contribution < 1.29 is 8.42 Å². The van der Waals surface area contributed by atoms with Gasteiger partial charge in [0, 0.05) is 12.1 Å². The first-order valence-corrected chi connectivity index (χ1v) is 8.78. The highest BCUT2D eigenvalue weighted by molar-refractivity contribution is 9.11. The zero-order valence-corrected chi connectivity index (χ0v) is 14.3. The van der Waals surface area contributed by atoms with Crippen LogP contribution in [0, 0.1) is 5.92 Å². The molecule has 0 aliphatic heterocycles. The smallest absolute Gasteiger partial charge is 0.250 e. The molecule has 3 N–H and O–H groups in total. The topological polar surface area (TPSA) is 72.2 Å². The zero-order valence-electron chi connectivity index (χ0n) is 10.3. The van der Waals surface area contributed by atoms with E-state index in [1.165, 1.54) is 6.07 Å². The van der Waals surface area contributed by atoms with Gasteiger partial charge in [-0.05, 0) is 34.8 Å². The van der Waals surface area contributed by atoms with Crippen LogP contribution in [-0.2, 0) is 10.0 Å². The summed E-state index contributed by atoms with van der Waals surface area (Å²) in [4.78, 5) is 0. The Bertz CT molecular complexity index is 510. The van der Waals surface area contributed by atoms with Gasteiger partial charge < -0.3 is 5.73 Å². The second-order valence-corrected chi connectivity index (χ2v) is 9.26. The molecule has 1 aromatic heterocycles. The average molecular weight is 376 g/mol. The van der Waals surface area contributed by atoms with E-state index in [2.05, 4.69) is 20.7 Å². The molecule has 0 radical (unpaired) electrons. The Hall–Kier alpha value is 0.340. The van der Waals surface area contributed by atoms with Crippen LogP contribution < -0.4 is 10.5 Å². The molecular formula is C10H16BrClN2O2S2. The predicted molar refractivity (Wildman–Crippen MR) is 79.6 cm³/mol. The van der Waals surface area contributed by atoms with Crippen LogP contribution in [0.15, 0.2) is 14.1 Å². The minimum Gasteiger partial charge on any atom is -0.329 e. The lowest BCUT2D eigenvalue weighted by atomic mass is 9.90. The number of thiophene rings is 1. The van der Waals surface area contributed by atoms with E-state index in [0.29, 0.717) is 8.81 Å². The Morgan fingerprint density at radius 2 is 2.17 bits per heavy atom. The molecule has 1 atom stereocenters. The summed E-state index contributed by atoms with van der Waals surface area (Å²) in [7, 11) is -3.60. The summed E-state index contributed by atoms with van der Waals surface area (Å²) in [5.74, 6) is 0.0798. The Morgan fingerprint density at radius 1 is 1.61 bits per heavy atom. The normalized spacial score (nSPS) is 15.9. The lowest BCUT2D eigenvalue weighted by molar-refractivity contribution is 0.315. The molecule has 0 aliphatic rings. The molecule has 1 rings (SSSR count). The first-order valence-electron chi connectivity index (χ1n) is 5.31. The van der Waals surface area contributed by atoms with E-state index in [9.17, 15) is 8.42 Å². The molecule has 1 unspecified atom stereocenters. The van der Waals surface area contributed by atoms with Crippen LogP contribution in [0.2, 0.25) is 5.02 Å². The molecular weight excluding hydrogens is 360 g/mol. The average Bonchev–Trinajstić information content (AvgIpc) is 2.59. The van der Waals surface area contributed by atoms with Crippen molar-refractivity contribution in [2.45, 2.75) is 30.5 Å². The van der Waals surface area contributed by atoms with Crippen molar-refractivity contribution in [3.63, 3.8) is 0 Å². The van der Waals surface area contributed by atoms with Gasteiger partial charge in [-0.25, -0.2) is 13.1 Å². The molecule has 0 fully saturated rings. The quantitative estimate of drug-likeness (QED) is 0.831. The van der Waals surface area contributed by atoms with E-state index in [1.807, 2.05) is 13.8 Å². The van der Waals surface area contributed by atoms with Crippen LogP contribution in [0.5, 0.6) is 0 Å². The van der Waals surface area contributed by atoms with Gasteiger partial charge >= 0.3 is 0 Å². The fraction of sp³-hybridized carbons (Fsp3) is 0.600. The summed E-state index contributed by atoms with van der Waals surface area (Å²) < 4.78 is 27.9. The monoisotopic (exact) mass is 374 g/mol. The largest absolute Gasteiger partial charge is 0.329 e. The molecule has 8 heteroatoms. The Balaban J connectivity index is 3.09. The number of nitrogens with one attached hydrogen (secondary N) is 1. The first-order chi connectivity index (χ1) is 8.12. The van der Waals surface area contributed by atoms with Crippen LogP contribution >= 0.6 is 38.9 Å². The Labute approximate surface area is 125 Å². The standard InChI is InChI=1S/C10H16BrClN2O2S2/c1-6(2)10(3,5-13)14-18(15,16)8-4-7(12)9(11)17-8/h4,6,14H,5,13H2,1-3H3. The number of halogens is 2. The summed E-state index contributed by atoms with van der Waals surface area (Å²) in [5.41, 5.74) is 4.99. The van der Waals surface area contributed by atoms with E-state index in [-0.39, 0.29) is 16.7 Å². The highest BCUT2D eigenvalue weighted by Gasteiger charge is 2.33. The van der Waals surface area contributed by atoms with Gasteiger partial charge in [-0.1, -0.05) is 25.4 Å². The van der Waals surface area contributed by atoms with E-state index in [0.717, 1.165) is 11.3 Å². The summed E-state index contributed by atoms with van der Waals surface area (Å²) in [6.45, 7) is 5.86. The van der Waals surface area contributed by atoms with Gasteiger partial charge in [0.1, 0.15) is 4.21 Å². The highest BCUT2D eigenvalue weighted by atomic mass is 79.9. The molecule has 0 amide bonds. The lowest BCUT2D eigenvalue weighted by Crippen LogP contribution is -2.54. The summed E-state index contributed by atoms with van der Waals surface area (Å²) >= 11 is 10.1. The predicted octanol–water partition coefficient (Wildman–Crippen LogP) is 2.82. The number of hydrogen-bond acceptors (Lipinski definition) is 4. The molecule has 104 valence electrons. The van der Waals surface area contributed by atoms with Crippen LogP contribution in [0.4, 0.5) is 0 Å². The number of sulfonamides is 1. The Morgan fingerprint density at radius 3 is 2.50 bits per heavy atom. The van der Waals surface area contributed by atoms with Gasteiger partial charge in [-0.15, -0.1) is 11.3 Å². The van der Waals surface area contributed by atoms with E-state index in [4.69, 9.17) is 17.3 Å². The maximum atomic E-state index is 12.2. The molecule has 4 nitrogen and oxygen atoms in total. The molecule has 0 aromatic carbocycles. The maximum absolute atomic E-state index is 12.2. The van der Waals surface area contributed by atoms with Gasteiger partial charge in [-0.3, -0.25) is 0 Å². The van der Waals surface area contributed by atoms with E-state index >= 15 is 0 Å². The Kier molecular flexibility index (Phi) is 5.25. The zero-order chi connectivity index (χ0) is 14.1. The van der Waals surface area contributed by atoms with Gasteiger partial charge in [0.05, 0.1) is 8.81 Å². The van der Waals surface area contributed by atoms with Crippen molar-refractivity contribution in [1.29, 1.82) is 0 Å². The third-order valence-electron chi connectivity index (χ3n) is 2.95. The molecule has 0 bridgehead atoms. The molecule has 1 heterocycles. The lowest BCUT2D eigenvalue weighted by Gasteiger charge is -2.32. The second kappa shape index (κ2) is 5.76. The first kappa shape index (κ1) is 16.4. The van der Waals surface area contributed by atoms with Gasteiger partial charge in [0.15, 0.2) is 0 Å².